The number of hydrogen-bond acceptors (Lipinski definition) is 7. The molecule has 0 spiro atoms. The summed E-state index contributed by atoms with van der Waals surface area (Å²) in [5.74, 6) is -0.0338. The summed E-state index contributed by atoms with van der Waals surface area (Å²) >= 11 is 0. The first-order chi connectivity index (χ1) is 18.4. The Hall–Kier alpha value is -4.99. The molecule has 38 heavy (non-hydrogen) atoms. The van der Waals surface area contributed by atoms with Crippen molar-refractivity contribution in [3.8, 4) is 11.5 Å². The summed E-state index contributed by atoms with van der Waals surface area (Å²) in [5.41, 5.74) is 3.24. The molecule has 0 bridgehead atoms. The maximum absolute atomic E-state index is 13.3. The second kappa shape index (κ2) is 11.8. The van der Waals surface area contributed by atoms with E-state index in [2.05, 4.69) is 26.0 Å². The third kappa shape index (κ3) is 6.04. The Bertz CT molecular complexity index is 1530. The van der Waals surface area contributed by atoms with Gasteiger partial charge in [0.1, 0.15) is 5.69 Å². The molecule has 0 aliphatic carbocycles. The second-order valence-corrected chi connectivity index (χ2v) is 8.57. The summed E-state index contributed by atoms with van der Waals surface area (Å²) in [7, 11) is 1.53. The van der Waals surface area contributed by atoms with E-state index in [0.29, 0.717) is 33.4 Å². The molecule has 0 saturated carbocycles. The van der Waals surface area contributed by atoms with Crippen molar-refractivity contribution in [2.45, 2.75) is 26.0 Å². The van der Waals surface area contributed by atoms with Crippen molar-refractivity contribution < 1.29 is 19.1 Å². The van der Waals surface area contributed by atoms with Crippen LogP contribution in [0.5, 0.6) is 11.5 Å². The number of carbonyl (C=O) groups is 2. The molecule has 4 aromatic rings. The molecule has 0 aliphatic rings. The molecule has 1 heterocycles. The summed E-state index contributed by atoms with van der Waals surface area (Å²) in [5, 5.41) is 14.0. The number of ether oxygens (including phenoxy) is 2. The summed E-state index contributed by atoms with van der Waals surface area (Å²) in [6, 6.07) is 19.2. The quantitative estimate of drug-likeness (QED) is 0.232. The zero-order valence-corrected chi connectivity index (χ0v) is 21.1. The van der Waals surface area contributed by atoms with Crippen LogP contribution in [0.2, 0.25) is 0 Å². The Morgan fingerprint density at radius 3 is 2.39 bits per heavy atom. The lowest BCUT2D eigenvalue weighted by atomic mass is 10.0. The van der Waals surface area contributed by atoms with Crippen LogP contribution in [0.15, 0.2) is 82.7 Å². The minimum Gasteiger partial charge on any atom is -0.493 e. The molecule has 1 aromatic heterocycles. The van der Waals surface area contributed by atoms with E-state index < -0.39 is 23.4 Å². The molecule has 3 aromatic carbocycles. The summed E-state index contributed by atoms with van der Waals surface area (Å²) < 4.78 is 11.1. The van der Waals surface area contributed by atoms with E-state index in [-0.39, 0.29) is 11.8 Å². The van der Waals surface area contributed by atoms with Crippen molar-refractivity contribution in [1.29, 1.82) is 0 Å². The van der Waals surface area contributed by atoms with Gasteiger partial charge in [0, 0.05) is 10.9 Å². The van der Waals surface area contributed by atoms with Gasteiger partial charge in [-0.05, 0) is 55.8 Å². The van der Waals surface area contributed by atoms with Crippen molar-refractivity contribution in [2.24, 2.45) is 5.10 Å². The monoisotopic (exact) mass is 513 g/mol. The largest absolute Gasteiger partial charge is 0.493 e. The van der Waals surface area contributed by atoms with Gasteiger partial charge in [-0.2, -0.15) is 10.2 Å². The fourth-order valence-corrected chi connectivity index (χ4v) is 3.77. The molecular weight excluding hydrogens is 486 g/mol. The molecule has 3 N–H and O–H groups in total. The van der Waals surface area contributed by atoms with Crippen LogP contribution in [0.3, 0.4) is 0 Å². The van der Waals surface area contributed by atoms with Gasteiger partial charge in [0.2, 0.25) is 0 Å². The minimum atomic E-state index is -1.25. The van der Waals surface area contributed by atoms with E-state index in [1.165, 1.54) is 13.3 Å². The van der Waals surface area contributed by atoms with Crippen LogP contribution in [-0.4, -0.2) is 41.4 Å². The van der Waals surface area contributed by atoms with Crippen molar-refractivity contribution >= 4 is 28.8 Å². The van der Waals surface area contributed by atoms with Gasteiger partial charge < -0.3 is 14.8 Å². The number of methoxy groups -OCH3 is 1. The van der Waals surface area contributed by atoms with Crippen LogP contribution < -0.4 is 25.8 Å². The van der Waals surface area contributed by atoms with E-state index in [4.69, 9.17) is 9.47 Å². The number of rotatable bonds is 9. The zero-order chi connectivity index (χ0) is 27.1. The van der Waals surface area contributed by atoms with Crippen molar-refractivity contribution in [1.82, 2.24) is 20.9 Å². The van der Waals surface area contributed by atoms with Gasteiger partial charge >= 0.3 is 0 Å². The predicted molar refractivity (Wildman–Crippen MR) is 144 cm³/mol. The van der Waals surface area contributed by atoms with Crippen LogP contribution in [0.25, 0.3) is 10.8 Å². The molecule has 4 rings (SSSR count). The highest BCUT2D eigenvalue weighted by Gasteiger charge is 2.27. The van der Waals surface area contributed by atoms with Gasteiger partial charge in [0.15, 0.2) is 17.5 Å². The van der Waals surface area contributed by atoms with Crippen molar-refractivity contribution in [3.63, 3.8) is 0 Å². The van der Waals surface area contributed by atoms with Gasteiger partial charge in [-0.15, -0.1) is 0 Å². The van der Waals surface area contributed by atoms with E-state index in [0.717, 1.165) is 0 Å². The Labute approximate surface area is 218 Å². The molecular formula is C28H27N5O5. The van der Waals surface area contributed by atoms with Gasteiger partial charge in [-0.3, -0.25) is 14.4 Å². The fourth-order valence-electron chi connectivity index (χ4n) is 3.77. The number of aromatic amines is 1. The first-order valence-corrected chi connectivity index (χ1v) is 11.9. The number of nitrogens with one attached hydrogen (secondary N) is 3. The number of amides is 2. The van der Waals surface area contributed by atoms with E-state index >= 15 is 0 Å². The van der Waals surface area contributed by atoms with Crippen molar-refractivity contribution in [3.05, 3.63) is 100.0 Å². The molecule has 0 radical (unpaired) electrons. The summed E-state index contributed by atoms with van der Waals surface area (Å²) in [6.07, 6.45) is 1.41. The number of hydrogen-bond donors (Lipinski definition) is 3. The Morgan fingerprint density at radius 1 is 0.974 bits per heavy atom. The summed E-state index contributed by atoms with van der Waals surface area (Å²) in [6.45, 7) is 3.83. The average molecular weight is 514 g/mol. The van der Waals surface area contributed by atoms with Crippen LogP contribution in [0.1, 0.15) is 41.5 Å². The molecule has 194 valence electrons. The molecule has 0 fully saturated rings. The molecule has 0 aliphatic heterocycles. The molecule has 2 amide bonds. The third-order valence-corrected chi connectivity index (χ3v) is 5.51. The van der Waals surface area contributed by atoms with Crippen molar-refractivity contribution in [2.75, 3.05) is 7.11 Å². The molecule has 10 nitrogen and oxygen atoms in total. The lowest BCUT2D eigenvalue weighted by Crippen LogP contribution is -2.40. The third-order valence-electron chi connectivity index (χ3n) is 5.51. The zero-order valence-electron chi connectivity index (χ0n) is 21.1. The number of H-pyrrole nitrogens is 1. The number of nitrogens with zero attached hydrogens (tertiary/aromatic N) is 2. The number of carbonyl (C=O) groups excluding carboxylic acids is 2. The highest BCUT2D eigenvalue weighted by Crippen LogP contribution is 2.28. The number of fused-ring (bicyclic) bond motifs is 1. The van der Waals surface area contributed by atoms with Gasteiger partial charge in [-0.25, -0.2) is 10.5 Å². The normalized spacial score (nSPS) is 11.9. The SMILES string of the molecule is COc1cc(/C=N\NC(=O)[C@H](NC(=O)c2ccccc2)c2n[nH]c(=O)c3ccccc23)ccc1OC(C)C. The Kier molecular flexibility index (Phi) is 8.12. The Morgan fingerprint density at radius 2 is 1.68 bits per heavy atom. The van der Waals surface area contributed by atoms with Crippen LogP contribution >= 0.6 is 0 Å². The van der Waals surface area contributed by atoms with E-state index in [1.807, 2.05) is 13.8 Å². The number of benzene rings is 3. The molecule has 10 heteroatoms. The number of aromatic nitrogens is 2. The fraction of sp³-hybridized carbons (Fsp3) is 0.179. The Balaban J connectivity index is 1.62. The van der Waals surface area contributed by atoms with Gasteiger partial charge in [0.25, 0.3) is 17.4 Å². The lowest BCUT2D eigenvalue weighted by molar-refractivity contribution is -0.123. The van der Waals surface area contributed by atoms with Gasteiger partial charge in [0.05, 0.1) is 24.8 Å². The summed E-state index contributed by atoms with van der Waals surface area (Å²) in [4.78, 5) is 38.5. The first kappa shape index (κ1) is 26.1. The van der Waals surface area contributed by atoms with Crippen LogP contribution in [-0.2, 0) is 4.79 Å². The maximum atomic E-state index is 13.3. The smallest absolute Gasteiger partial charge is 0.272 e. The molecule has 0 saturated heterocycles. The van der Waals surface area contributed by atoms with E-state index in [1.54, 1.807) is 72.8 Å². The highest BCUT2D eigenvalue weighted by atomic mass is 16.5. The minimum absolute atomic E-state index is 0.0247. The predicted octanol–water partition coefficient (Wildman–Crippen LogP) is 3.34. The average Bonchev–Trinajstić information content (AvgIpc) is 2.93. The van der Waals surface area contributed by atoms with Gasteiger partial charge in [-0.1, -0.05) is 36.4 Å². The molecule has 1 atom stereocenters. The maximum Gasteiger partial charge on any atom is 0.272 e. The highest BCUT2D eigenvalue weighted by molar-refractivity contribution is 5.99. The lowest BCUT2D eigenvalue weighted by Gasteiger charge is -2.18. The topological polar surface area (TPSA) is 135 Å². The van der Waals surface area contributed by atoms with Crippen LogP contribution in [0, 0.1) is 0 Å². The first-order valence-electron chi connectivity index (χ1n) is 11.9. The molecule has 0 unspecified atom stereocenters. The standard InChI is InChI=1S/C28H27N5O5/c1-17(2)38-22-14-13-18(15-23(22)37-3)16-29-32-28(36)25(30-26(34)19-9-5-4-6-10-19)24-20-11-7-8-12-21(20)27(35)33-31-24/h4-17,25H,1-3H3,(H,30,34)(H,32,36)(H,33,35)/b29-16-/t25-/m1/s1. The van der Waals surface area contributed by atoms with Crippen LogP contribution in [0.4, 0.5) is 0 Å². The van der Waals surface area contributed by atoms with E-state index in [9.17, 15) is 14.4 Å². The number of hydrazone groups is 1. The second-order valence-electron chi connectivity index (χ2n) is 8.57.